The number of aromatic nitrogens is 2. The Morgan fingerprint density at radius 3 is 2.23 bits per heavy atom. The van der Waals surface area contributed by atoms with Crippen LogP contribution in [0.4, 0.5) is 0 Å². The molecule has 5 nitrogen and oxygen atoms in total. The van der Waals surface area contributed by atoms with E-state index in [1.165, 1.54) is 23.2 Å². The molecular weight excluding hydrogens is 304 g/mol. The molecule has 0 amide bonds. The minimum absolute atomic E-state index is 0.207. The van der Waals surface area contributed by atoms with Crippen molar-refractivity contribution < 1.29 is 4.74 Å². The Morgan fingerprint density at radius 2 is 1.82 bits per heavy atom. The number of hydrogen-bond acceptors (Lipinski definition) is 3. The van der Waals surface area contributed by atoms with Crippen molar-refractivity contribution in [1.82, 2.24) is 9.55 Å². The maximum absolute atomic E-state index is 11.6. The Balaban J connectivity index is 0. The third-order valence-corrected chi connectivity index (χ3v) is 3.03. The van der Waals surface area contributed by atoms with Crippen molar-refractivity contribution in [2.24, 2.45) is 5.92 Å². The van der Waals surface area contributed by atoms with Crippen LogP contribution in [0.1, 0.15) is 60.6 Å². The topological polar surface area (TPSA) is 64.1 Å². The predicted octanol–water partition coefficient (Wildman–Crippen LogP) is 3.78. The molecule has 2 rings (SSSR count). The summed E-state index contributed by atoms with van der Waals surface area (Å²) >= 11 is 4.64. The lowest BCUT2D eigenvalue weighted by Gasteiger charge is -2.17. The zero-order valence-corrected chi connectivity index (χ0v) is 15.6. The highest BCUT2D eigenvalue weighted by Crippen LogP contribution is 2.33. The van der Waals surface area contributed by atoms with Crippen LogP contribution in [-0.2, 0) is 4.74 Å². The van der Waals surface area contributed by atoms with E-state index in [9.17, 15) is 9.59 Å². The van der Waals surface area contributed by atoms with Crippen LogP contribution in [0.2, 0.25) is 0 Å². The molecule has 1 aliphatic rings. The number of rotatable bonds is 2. The SMILES string of the molecule is CC.CC.CC[C@@H]1C[C@H](C)C(n2ccc(=O)[nH]c2=O)O1.CCl. The average molecular weight is 335 g/mol. The Morgan fingerprint density at radius 1 is 1.27 bits per heavy atom. The maximum atomic E-state index is 11.6. The number of ether oxygens (including phenoxy) is 1. The first-order chi connectivity index (χ1) is 10.6. The van der Waals surface area contributed by atoms with Crippen LogP contribution in [-0.4, -0.2) is 22.0 Å². The molecular formula is C16H31ClN2O3. The summed E-state index contributed by atoms with van der Waals surface area (Å²) in [6.07, 6.45) is 4.82. The zero-order valence-electron chi connectivity index (χ0n) is 14.9. The van der Waals surface area contributed by atoms with Gasteiger partial charge < -0.3 is 4.74 Å². The highest BCUT2D eigenvalue weighted by molar-refractivity contribution is 6.15. The second-order valence-electron chi connectivity index (χ2n) is 4.29. The van der Waals surface area contributed by atoms with Gasteiger partial charge in [-0.2, -0.15) is 0 Å². The molecule has 3 atom stereocenters. The molecule has 0 aliphatic carbocycles. The van der Waals surface area contributed by atoms with Gasteiger partial charge in [-0.25, -0.2) is 4.79 Å². The van der Waals surface area contributed by atoms with Crippen LogP contribution in [0, 0.1) is 5.92 Å². The number of aromatic amines is 1. The van der Waals surface area contributed by atoms with Crippen molar-refractivity contribution in [3.05, 3.63) is 33.1 Å². The first kappa shape index (κ1) is 23.2. The van der Waals surface area contributed by atoms with Gasteiger partial charge >= 0.3 is 5.69 Å². The minimum atomic E-state index is -0.402. The predicted molar refractivity (Wildman–Crippen MR) is 93.8 cm³/mol. The molecule has 0 radical (unpaired) electrons. The van der Waals surface area contributed by atoms with Gasteiger partial charge in [0.25, 0.3) is 5.56 Å². The number of alkyl halides is 1. The maximum Gasteiger partial charge on any atom is 0.330 e. The highest BCUT2D eigenvalue weighted by Gasteiger charge is 2.32. The molecule has 1 N–H and O–H groups in total. The summed E-state index contributed by atoms with van der Waals surface area (Å²) in [5.74, 6) is 0.286. The van der Waals surface area contributed by atoms with Gasteiger partial charge in [0, 0.05) is 24.6 Å². The molecule has 2 heterocycles. The fourth-order valence-electron chi connectivity index (χ4n) is 2.15. The van der Waals surface area contributed by atoms with E-state index in [1.54, 1.807) is 0 Å². The second kappa shape index (κ2) is 13.6. The Kier molecular flexibility index (Phi) is 14.3. The van der Waals surface area contributed by atoms with Crippen LogP contribution in [0.15, 0.2) is 21.9 Å². The summed E-state index contributed by atoms with van der Waals surface area (Å²) in [5, 5.41) is 0. The molecule has 0 saturated carbocycles. The van der Waals surface area contributed by atoms with E-state index in [2.05, 4.69) is 30.4 Å². The lowest BCUT2D eigenvalue weighted by Crippen LogP contribution is -2.33. The van der Waals surface area contributed by atoms with Crippen molar-refractivity contribution in [1.29, 1.82) is 0 Å². The van der Waals surface area contributed by atoms with Gasteiger partial charge in [0.1, 0.15) is 6.23 Å². The standard InChI is InChI=1S/C11H16N2O3.2C2H6.CH3Cl/c1-3-8-6-7(2)10(16-8)13-5-4-9(14)12-11(13)15;3*1-2/h4-5,7-8,10H,3,6H2,1-2H3,(H,12,14,15);2*1-2H3;1H3/t7-,8+,10?;;;/m0.../s1. The second-order valence-corrected chi connectivity index (χ2v) is 4.29. The number of nitrogens with zero attached hydrogens (tertiary/aromatic N) is 1. The van der Waals surface area contributed by atoms with Gasteiger partial charge in [-0.3, -0.25) is 14.3 Å². The summed E-state index contributed by atoms with van der Waals surface area (Å²) in [7, 11) is 0. The summed E-state index contributed by atoms with van der Waals surface area (Å²) in [4.78, 5) is 24.8. The summed E-state index contributed by atoms with van der Waals surface area (Å²) in [6.45, 7) is 12.1. The van der Waals surface area contributed by atoms with E-state index < -0.39 is 5.69 Å². The van der Waals surface area contributed by atoms with E-state index in [0.717, 1.165) is 12.8 Å². The van der Waals surface area contributed by atoms with E-state index >= 15 is 0 Å². The lowest BCUT2D eigenvalue weighted by molar-refractivity contribution is -0.0142. The molecule has 1 aromatic heterocycles. The lowest BCUT2D eigenvalue weighted by atomic mass is 10.0. The van der Waals surface area contributed by atoms with Crippen molar-refractivity contribution in [3.8, 4) is 0 Å². The van der Waals surface area contributed by atoms with Crippen molar-refractivity contribution in [3.63, 3.8) is 0 Å². The fraction of sp³-hybridized carbons (Fsp3) is 0.750. The van der Waals surface area contributed by atoms with Gasteiger partial charge in [0.2, 0.25) is 0 Å². The van der Waals surface area contributed by atoms with E-state index in [4.69, 9.17) is 4.74 Å². The van der Waals surface area contributed by atoms with Gasteiger partial charge in [-0.1, -0.05) is 41.5 Å². The first-order valence-corrected chi connectivity index (χ1v) is 8.72. The first-order valence-electron chi connectivity index (χ1n) is 7.96. The van der Waals surface area contributed by atoms with Crippen LogP contribution in [0.3, 0.4) is 0 Å². The number of H-pyrrole nitrogens is 1. The highest BCUT2D eigenvalue weighted by atomic mass is 35.5. The minimum Gasteiger partial charge on any atom is -0.354 e. The normalized spacial score (nSPS) is 22.3. The molecule has 0 aromatic carbocycles. The van der Waals surface area contributed by atoms with Gasteiger partial charge in [0.15, 0.2) is 0 Å². The Hall–Kier alpha value is -1.07. The van der Waals surface area contributed by atoms with Crippen molar-refractivity contribution in [2.45, 2.75) is 66.7 Å². The monoisotopic (exact) mass is 334 g/mol. The van der Waals surface area contributed by atoms with Gasteiger partial charge in [-0.15, -0.1) is 11.6 Å². The molecule has 1 saturated heterocycles. The molecule has 6 heteroatoms. The van der Waals surface area contributed by atoms with E-state index in [0.29, 0.717) is 0 Å². The van der Waals surface area contributed by atoms with Crippen molar-refractivity contribution >= 4 is 11.6 Å². The summed E-state index contributed by atoms with van der Waals surface area (Å²) in [5.41, 5.74) is -0.778. The number of nitrogens with one attached hydrogen (secondary N) is 1. The Labute approximate surface area is 138 Å². The average Bonchev–Trinajstić information content (AvgIpc) is 2.94. The molecule has 0 spiro atoms. The largest absolute Gasteiger partial charge is 0.354 e. The van der Waals surface area contributed by atoms with Crippen LogP contribution >= 0.6 is 11.6 Å². The summed E-state index contributed by atoms with van der Waals surface area (Å²) < 4.78 is 7.23. The molecule has 1 aliphatic heterocycles. The zero-order chi connectivity index (χ0) is 17.7. The summed E-state index contributed by atoms with van der Waals surface area (Å²) in [6, 6.07) is 1.34. The van der Waals surface area contributed by atoms with Crippen LogP contribution in [0.5, 0.6) is 0 Å². The van der Waals surface area contributed by atoms with E-state index in [-0.39, 0.29) is 23.8 Å². The molecule has 0 bridgehead atoms. The smallest absolute Gasteiger partial charge is 0.330 e. The molecule has 1 fully saturated rings. The fourth-order valence-corrected chi connectivity index (χ4v) is 2.15. The molecule has 1 unspecified atom stereocenters. The van der Waals surface area contributed by atoms with Crippen LogP contribution < -0.4 is 11.2 Å². The van der Waals surface area contributed by atoms with Crippen molar-refractivity contribution in [2.75, 3.05) is 6.38 Å². The number of hydrogen-bond donors (Lipinski definition) is 1. The third kappa shape index (κ3) is 6.79. The molecule has 1 aromatic rings. The molecule has 130 valence electrons. The molecule has 22 heavy (non-hydrogen) atoms. The quantitative estimate of drug-likeness (QED) is 0.837. The van der Waals surface area contributed by atoms with E-state index in [1.807, 2.05) is 27.7 Å². The van der Waals surface area contributed by atoms with Crippen LogP contribution in [0.25, 0.3) is 0 Å². The van der Waals surface area contributed by atoms with Gasteiger partial charge in [0.05, 0.1) is 6.10 Å². The Bertz CT molecular complexity index is 485. The van der Waals surface area contributed by atoms with Gasteiger partial charge in [-0.05, 0) is 12.8 Å². The third-order valence-electron chi connectivity index (χ3n) is 3.03. The number of halogens is 1.